The molecule has 1 atom stereocenters. The van der Waals surface area contributed by atoms with Crippen molar-refractivity contribution in [3.8, 4) is 0 Å². The van der Waals surface area contributed by atoms with Crippen molar-refractivity contribution in [1.82, 2.24) is 23.8 Å². The first-order valence-corrected chi connectivity index (χ1v) is 3.76. The van der Waals surface area contributed by atoms with Gasteiger partial charge in [0.2, 0.25) is 0 Å². The highest BCUT2D eigenvalue weighted by Crippen LogP contribution is 1.68. The Hall–Kier alpha value is -1.32. The van der Waals surface area contributed by atoms with Gasteiger partial charge in [0.25, 0.3) is 0 Å². The molecule has 0 bridgehead atoms. The van der Waals surface area contributed by atoms with E-state index in [4.69, 9.17) is 19.8 Å². The molecule has 0 aromatic heterocycles. The molecule has 0 heterocycles. The van der Waals surface area contributed by atoms with Crippen LogP contribution in [0.1, 0.15) is 0 Å². The van der Waals surface area contributed by atoms with E-state index in [1.54, 1.807) is 0 Å². The highest BCUT2D eigenvalue weighted by Gasteiger charge is 1.77. The quantitative estimate of drug-likeness (QED) is 0.288. The fourth-order valence-electron chi connectivity index (χ4n) is 0.174. The number of nitrogens with one attached hydrogen (secondary N) is 1. The molecular weight excluding hydrogens is 243 g/mol. The van der Waals surface area contributed by atoms with Crippen LogP contribution >= 0.6 is 9.24 Å². The topological polar surface area (TPSA) is 242 Å². The molecule has 0 saturated heterocycles. The van der Waals surface area contributed by atoms with Crippen LogP contribution in [0.25, 0.3) is 0 Å². The van der Waals surface area contributed by atoms with Crippen molar-refractivity contribution in [3.05, 3.63) is 0 Å². The van der Waals surface area contributed by atoms with Crippen molar-refractivity contribution in [2.75, 3.05) is 12.8 Å². The Morgan fingerprint density at radius 2 is 1.25 bits per heavy atom. The molecule has 16 heavy (non-hydrogen) atoms. The Bertz CT molecular complexity index is 189. The molecule has 0 rings (SSSR count). The summed E-state index contributed by atoms with van der Waals surface area (Å²) in [5.41, 5.74) is 0. The molecule has 10 nitrogen and oxygen atoms in total. The number of carbonyl (C=O) groups is 3. The normalized spacial score (nSPS) is 6.56. The zero-order valence-electron chi connectivity index (χ0n) is 9.44. The van der Waals surface area contributed by atoms with Gasteiger partial charge in [-0.25, -0.2) is 0 Å². The third-order valence-electron chi connectivity index (χ3n) is 0.580. The molecule has 0 amide bonds. The summed E-state index contributed by atoms with van der Waals surface area (Å²) >= 11 is 0. The van der Waals surface area contributed by atoms with E-state index in [9.17, 15) is 9.90 Å². The SMILES string of the molecule is O=C([O-])C(=O)[O-].O=C([O-])CNCP.[NH4+].[NH4+].[NH4+]. The number of quaternary nitrogens is 3. The molecule has 100 valence electrons. The number of hydrogen-bond acceptors (Lipinski definition) is 7. The lowest BCUT2D eigenvalue weighted by Crippen LogP contribution is -2.42. The van der Waals surface area contributed by atoms with Crippen molar-refractivity contribution in [2.45, 2.75) is 0 Å². The van der Waals surface area contributed by atoms with E-state index < -0.39 is 17.9 Å². The van der Waals surface area contributed by atoms with Crippen LogP contribution in [0.15, 0.2) is 0 Å². The summed E-state index contributed by atoms with van der Waals surface area (Å²) in [5.74, 6) is -5.44. The highest BCUT2D eigenvalue weighted by molar-refractivity contribution is 7.16. The van der Waals surface area contributed by atoms with E-state index in [0.717, 1.165) is 0 Å². The van der Waals surface area contributed by atoms with Crippen LogP contribution in [0.2, 0.25) is 0 Å². The molecule has 0 aromatic carbocycles. The summed E-state index contributed by atoms with van der Waals surface area (Å²) in [4.78, 5) is 27.4. The minimum Gasteiger partial charge on any atom is -0.549 e. The van der Waals surface area contributed by atoms with Crippen LogP contribution < -0.4 is 39.1 Å². The standard InChI is InChI=1S/C3H8NO2P.C2H2O4.3H3N/c5-3(6)1-4-2-7;3-1(4)2(5)6;;;/h4H,1-2,7H2,(H,5,6);(H,3,4)(H,5,6);3*1H3. The zero-order valence-corrected chi connectivity index (χ0v) is 10.6. The van der Waals surface area contributed by atoms with Gasteiger partial charge in [-0.3, -0.25) is 0 Å². The third kappa shape index (κ3) is 38.8. The zero-order chi connectivity index (χ0) is 10.9. The van der Waals surface area contributed by atoms with Crippen LogP contribution in [0.5, 0.6) is 0 Å². The van der Waals surface area contributed by atoms with E-state index in [1.807, 2.05) is 0 Å². The second kappa shape index (κ2) is 19.3. The first-order valence-electron chi connectivity index (χ1n) is 2.94. The smallest absolute Gasteiger partial charge is 0.0870 e. The van der Waals surface area contributed by atoms with Crippen LogP contribution in [-0.4, -0.2) is 30.7 Å². The number of carbonyl (C=O) groups excluding carboxylic acids is 3. The van der Waals surface area contributed by atoms with Gasteiger partial charge < -0.3 is 53.5 Å². The fourth-order valence-corrected chi connectivity index (χ4v) is 0.319. The molecule has 0 spiro atoms. The fraction of sp³-hybridized carbons (Fsp3) is 0.400. The molecule has 0 radical (unpaired) electrons. The van der Waals surface area contributed by atoms with E-state index >= 15 is 0 Å². The van der Waals surface area contributed by atoms with Gasteiger partial charge in [0.1, 0.15) is 0 Å². The molecule has 0 fully saturated rings. The minimum atomic E-state index is -2.19. The second-order valence-corrected chi connectivity index (χ2v) is 1.99. The van der Waals surface area contributed by atoms with Gasteiger partial charge in [-0.05, 0) is 0 Å². The Labute approximate surface area is 94.4 Å². The first-order chi connectivity index (χ1) is 5.91. The summed E-state index contributed by atoms with van der Waals surface area (Å²) in [6.45, 7) is -0.0660. The molecule has 0 aromatic rings. The Balaban J connectivity index is -0.0000000428. The Morgan fingerprint density at radius 1 is 0.938 bits per heavy atom. The van der Waals surface area contributed by atoms with Crippen molar-refractivity contribution in [1.29, 1.82) is 0 Å². The summed E-state index contributed by atoms with van der Waals surface area (Å²) in [5, 5.41) is 30.0. The summed E-state index contributed by atoms with van der Waals surface area (Å²) in [6.07, 6.45) is 0.591. The van der Waals surface area contributed by atoms with Crippen molar-refractivity contribution in [2.24, 2.45) is 0 Å². The summed E-state index contributed by atoms with van der Waals surface area (Å²) in [7, 11) is 2.34. The maximum absolute atomic E-state index is 9.58. The number of carboxylic acids is 3. The van der Waals surface area contributed by atoms with Crippen LogP contribution in [0.4, 0.5) is 0 Å². The monoisotopic (exact) mass is 262 g/mol. The summed E-state index contributed by atoms with van der Waals surface area (Å²) < 4.78 is 0. The molecule has 11 heteroatoms. The Kier molecular flexibility index (Phi) is 35.3. The van der Waals surface area contributed by atoms with Crippen molar-refractivity contribution >= 4 is 27.1 Å². The van der Waals surface area contributed by atoms with E-state index in [1.165, 1.54) is 0 Å². The van der Waals surface area contributed by atoms with Gasteiger partial charge in [0.05, 0.1) is 17.9 Å². The van der Waals surface area contributed by atoms with Crippen molar-refractivity contribution in [3.63, 3.8) is 0 Å². The van der Waals surface area contributed by atoms with Gasteiger partial charge >= 0.3 is 0 Å². The molecule has 0 aliphatic carbocycles. The number of carboxylic acid groups (broad SMARTS) is 3. The van der Waals surface area contributed by atoms with Crippen LogP contribution in [0, 0.1) is 0 Å². The second-order valence-electron chi connectivity index (χ2n) is 1.58. The minimum absolute atomic E-state index is 0. The number of hydrogen-bond donors (Lipinski definition) is 4. The highest BCUT2D eigenvalue weighted by atomic mass is 31.0. The van der Waals surface area contributed by atoms with Gasteiger partial charge in [0.15, 0.2) is 0 Å². The molecule has 0 aliphatic heterocycles. The molecule has 13 N–H and O–H groups in total. The van der Waals surface area contributed by atoms with E-state index in [0.29, 0.717) is 6.29 Å². The molecular formula is C5H19N4O6P. The largest absolute Gasteiger partial charge is 0.549 e. The predicted molar refractivity (Wildman–Crippen MR) is 55.6 cm³/mol. The maximum atomic E-state index is 9.58. The Morgan fingerprint density at radius 3 is 1.31 bits per heavy atom. The summed E-state index contributed by atoms with van der Waals surface area (Å²) in [6, 6.07) is 0. The third-order valence-corrected chi connectivity index (χ3v) is 0.869. The van der Waals surface area contributed by atoms with Crippen LogP contribution in [-0.2, 0) is 14.4 Å². The predicted octanol–water partition coefficient (Wildman–Crippen LogP) is -4.23. The van der Waals surface area contributed by atoms with E-state index in [2.05, 4.69) is 14.6 Å². The average molecular weight is 262 g/mol. The van der Waals surface area contributed by atoms with Gasteiger partial charge in [-0.1, -0.05) is 0 Å². The molecule has 0 saturated carbocycles. The lowest BCUT2D eigenvalue weighted by atomic mass is 10.7. The van der Waals surface area contributed by atoms with Crippen LogP contribution in [0.3, 0.4) is 0 Å². The van der Waals surface area contributed by atoms with E-state index in [-0.39, 0.29) is 25.0 Å². The lowest BCUT2D eigenvalue weighted by Gasteiger charge is -1.98. The number of rotatable bonds is 3. The maximum Gasteiger partial charge on any atom is 0.0870 e. The van der Waals surface area contributed by atoms with Gasteiger partial charge in [-0.2, -0.15) is 0 Å². The van der Waals surface area contributed by atoms with Gasteiger partial charge in [-0.15, -0.1) is 9.24 Å². The van der Waals surface area contributed by atoms with Gasteiger partial charge in [0, 0.05) is 12.8 Å². The first kappa shape index (κ1) is 29.3. The number of aliphatic carboxylic acids is 3. The molecule has 1 unspecified atom stereocenters. The lowest BCUT2D eigenvalue weighted by molar-refractivity contribution is -0.345. The van der Waals surface area contributed by atoms with Crippen molar-refractivity contribution < 1.29 is 29.7 Å². The molecule has 0 aliphatic rings. The average Bonchev–Trinajstić information content (AvgIpc) is 2.01.